The fraction of sp³-hybridized carbons (Fsp3) is 0.308. The first-order valence-electron chi connectivity index (χ1n) is 10.7. The zero-order valence-electron chi connectivity index (χ0n) is 17.4. The van der Waals surface area contributed by atoms with Gasteiger partial charge in [-0.25, -0.2) is 0 Å². The van der Waals surface area contributed by atoms with Crippen LogP contribution in [0.15, 0.2) is 84.9 Å². The first-order valence-corrected chi connectivity index (χ1v) is 10.7. The Hall–Kier alpha value is -2.78. The molecule has 1 aliphatic rings. The second-order valence-corrected chi connectivity index (χ2v) is 7.79. The molecule has 29 heavy (non-hydrogen) atoms. The smallest absolute Gasteiger partial charge is 0.0410 e. The molecule has 0 unspecified atom stereocenters. The molecule has 0 aromatic heterocycles. The van der Waals surface area contributed by atoms with Gasteiger partial charge in [0.1, 0.15) is 0 Å². The van der Waals surface area contributed by atoms with Crippen molar-refractivity contribution in [3.8, 4) is 0 Å². The minimum absolute atomic E-state index is 1.03. The summed E-state index contributed by atoms with van der Waals surface area (Å²) in [6, 6.07) is 30.2. The molecule has 3 aromatic rings. The Morgan fingerprint density at radius 3 is 1.83 bits per heavy atom. The van der Waals surface area contributed by atoms with E-state index in [-0.39, 0.29) is 0 Å². The third kappa shape index (κ3) is 4.99. The average molecular weight is 386 g/mol. The Balaban J connectivity index is 1.31. The van der Waals surface area contributed by atoms with Gasteiger partial charge >= 0.3 is 0 Å². The number of para-hydroxylation sites is 3. The van der Waals surface area contributed by atoms with Gasteiger partial charge in [0, 0.05) is 49.8 Å². The molecule has 150 valence electrons. The predicted molar refractivity (Wildman–Crippen MR) is 124 cm³/mol. The van der Waals surface area contributed by atoms with E-state index in [2.05, 4.69) is 107 Å². The van der Waals surface area contributed by atoms with Crippen LogP contribution in [-0.2, 0) is 0 Å². The largest absolute Gasteiger partial charge is 0.369 e. The van der Waals surface area contributed by atoms with E-state index in [0.717, 1.165) is 45.7 Å². The van der Waals surface area contributed by atoms with Crippen molar-refractivity contribution in [1.29, 1.82) is 0 Å². The van der Waals surface area contributed by atoms with Gasteiger partial charge in [-0.2, -0.15) is 0 Å². The molecular formula is C26H31N3. The van der Waals surface area contributed by atoms with Crippen molar-refractivity contribution < 1.29 is 0 Å². The summed E-state index contributed by atoms with van der Waals surface area (Å²) in [6.45, 7) is 8.92. The van der Waals surface area contributed by atoms with Gasteiger partial charge in [0.15, 0.2) is 0 Å². The van der Waals surface area contributed by atoms with Crippen molar-refractivity contribution in [3.05, 3.63) is 90.5 Å². The maximum Gasteiger partial charge on any atom is 0.0410 e. The quantitative estimate of drug-likeness (QED) is 0.543. The third-order valence-corrected chi connectivity index (χ3v) is 5.82. The van der Waals surface area contributed by atoms with E-state index >= 15 is 0 Å². The number of benzene rings is 3. The maximum absolute atomic E-state index is 2.61. The fourth-order valence-corrected chi connectivity index (χ4v) is 4.21. The van der Waals surface area contributed by atoms with Crippen molar-refractivity contribution in [2.75, 3.05) is 49.1 Å². The van der Waals surface area contributed by atoms with Gasteiger partial charge in [-0.3, -0.25) is 4.90 Å². The van der Waals surface area contributed by atoms with Gasteiger partial charge in [-0.15, -0.1) is 0 Å². The molecular weight excluding hydrogens is 354 g/mol. The molecule has 1 fully saturated rings. The number of hydrogen-bond acceptors (Lipinski definition) is 3. The molecule has 1 aliphatic heterocycles. The Morgan fingerprint density at radius 1 is 0.690 bits per heavy atom. The van der Waals surface area contributed by atoms with Gasteiger partial charge < -0.3 is 9.80 Å². The summed E-state index contributed by atoms with van der Waals surface area (Å²) in [6.07, 6.45) is 1.16. The van der Waals surface area contributed by atoms with Crippen molar-refractivity contribution in [2.45, 2.75) is 13.3 Å². The lowest BCUT2D eigenvalue weighted by Crippen LogP contribution is -2.47. The molecule has 0 saturated carbocycles. The van der Waals surface area contributed by atoms with E-state index in [1.54, 1.807) is 0 Å². The minimum atomic E-state index is 1.03. The number of nitrogens with zero attached hydrogens (tertiary/aromatic N) is 3. The molecule has 0 N–H and O–H groups in total. The monoisotopic (exact) mass is 385 g/mol. The Bertz CT molecular complexity index is 831. The van der Waals surface area contributed by atoms with Crippen molar-refractivity contribution in [2.24, 2.45) is 0 Å². The normalized spacial score (nSPS) is 14.7. The lowest BCUT2D eigenvalue weighted by molar-refractivity contribution is 0.256. The Kier molecular flexibility index (Phi) is 6.48. The average Bonchev–Trinajstić information content (AvgIpc) is 2.79. The zero-order valence-corrected chi connectivity index (χ0v) is 17.4. The second-order valence-electron chi connectivity index (χ2n) is 7.79. The van der Waals surface area contributed by atoms with E-state index < -0.39 is 0 Å². The van der Waals surface area contributed by atoms with Crippen LogP contribution in [0.3, 0.4) is 0 Å². The van der Waals surface area contributed by atoms with Gasteiger partial charge in [0.25, 0.3) is 0 Å². The zero-order chi connectivity index (χ0) is 19.9. The first kappa shape index (κ1) is 19.5. The van der Waals surface area contributed by atoms with Crippen LogP contribution in [0.2, 0.25) is 0 Å². The number of piperazine rings is 1. The topological polar surface area (TPSA) is 9.72 Å². The van der Waals surface area contributed by atoms with Crippen molar-refractivity contribution in [3.63, 3.8) is 0 Å². The Morgan fingerprint density at radius 2 is 1.24 bits per heavy atom. The van der Waals surface area contributed by atoms with Crippen molar-refractivity contribution in [1.82, 2.24) is 4.90 Å². The number of hydrogen-bond donors (Lipinski definition) is 0. The van der Waals surface area contributed by atoms with E-state index in [9.17, 15) is 0 Å². The molecule has 0 bridgehead atoms. The highest BCUT2D eigenvalue weighted by molar-refractivity contribution is 5.62. The van der Waals surface area contributed by atoms with E-state index in [4.69, 9.17) is 0 Å². The van der Waals surface area contributed by atoms with Crippen LogP contribution in [0.5, 0.6) is 0 Å². The third-order valence-electron chi connectivity index (χ3n) is 5.82. The van der Waals surface area contributed by atoms with E-state index in [0.29, 0.717) is 0 Å². The molecule has 3 aromatic carbocycles. The summed E-state index contributed by atoms with van der Waals surface area (Å²) < 4.78 is 0. The molecule has 0 amide bonds. The summed E-state index contributed by atoms with van der Waals surface area (Å²) >= 11 is 0. The van der Waals surface area contributed by atoms with Crippen LogP contribution in [-0.4, -0.2) is 44.2 Å². The van der Waals surface area contributed by atoms with Gasteiger partial charge in [-0.05, 0) is 55.8 Å². The number of rotatable bonds is 7. The molecule has 1 saturated heterocycles. The molecule has 3 heteroatoms. The van der Waals surface area contributed by atoms with E-state index in [1.165, 1.54) is 22.6 Å². The molecule has 0 atom stereocenters. The lowest BCUT2D eigenvalue weighted by atomic mass is 10.1. The molecule has 1 heterocycles. The molecule has 3 nitrogen and oxygen atoms in total. The first-order chi connectivity index (χ1) is 14.3. The van der Waals surface area contributed by atoms with Crippen LogP contribution in [0, 0.1) is 6.92 Å². The number of aryl methyl sites for hydroxylation is 1. The fourth-order valence-electron chi connectivity index (χ4n) is 4.21. The summed E-state index contributed by atoms with van der Waals surface area (Å²) in [7, 11) is 0. The highest BCUT2D eigenvalue weighted by Crippen LogP contribution is 2.25. The maximum atomic E-state index is 2.61. The van der Waals surface area contributed by atoms with Crippen LogP contribution in [0.4, 0.5) is 17.1 Å². The SMILES string of the molecule is Cc1ccccc1N1CCN(CCCN(c2ccccc2)c2ccccc2)CC1. The molecule has 0 aliphatic carbocycles. The standard InChI is InChI=1S/C26H31N3/c1-23-11-8-9-16-26(23)28-21-19-27(20-22-28)17-10-18-29(24-12-4-2-5-13-24)25-14-6-3-7-15-25/h2-9,11-16H,10,17-22H2,1H3. The highest BCUT2D eigenvalue weighted by Gasteiger charge is 2.18. The van der Waals surface area contributed by atoms with Crippen LogP contribution in [0.1, 0.15) is 12.0 Å². The molecule has 0 spiro atoms. The summed E-state index contributed by atoms with van der Waals surface area (Å²) in [4.78, 5) is 7.58. The van der Waals surface area contributed by atoms with Crippen LogP contribution >= 0.6 is 0 Å². The lowest BCUT2D eigenvalue weighted by Gasteiger charge is -2.37. The van der Waals surface area contributed by atoms with Gasteiger partial charge in [0.05, 0.1) is 0 Å². The Labute approximate surface area is 175 Å². The summed E-state index contributed by atoms with van der Waals surface area (Å²) in [5, 5.41) is 0. The van der Waals surface area contributed by atoms with Gasteiger partial charge in [-0.1, -0.05) is 54.6 Å². The predicted octanol–water partition coefficient (Wildman–Crippen LogP) is 5.35. The molecule has 4 rings (SSSR count). The molecule has 0 radical (unpaired) electrons. The van der Waals surface area contributed by atoms with Crippen LogP contribution < -0.4 is 9.80 Å². The van der Waals surface area contributed by atoms with E-state index in [1.807, 2.05) is 0 Å². The minimum Gasteiger partial charge on any atom is -0.369 e. The highest BCUT2D eigenvalue weighted by atomic mass is 15.3. The van der Waals surface area contributed by atoms with Crippen LogP contribution in [0.25, 0.3) is 0 Å². The van der Waals surface area contributed by atoms with Crippen molar-refractivity contribution >= 4 is 17.1 Å². The summed E-state index contributed by atoms with van der Waals surface area (Å²) in [5.74, 6) is 0. The number of anilines is 3. The summed E-state index contributed by atoms with van der Waals surface area (Å²) in [5.41, 5.74) is 5.31. The van der Waals surface area contributed by atoms with Gasteiger partial charge in [0.2, 0.25) is 0 Å². The second kappa shape index (κ2) is 9.62.